The van der Waals surface area contributed by atoms with Gasteiger partial charge in [-0.2, -0.15) is 0 Å². The van der Waals surface area contributed by atoms with Crippen LogP contribution in [-0.2, 0) is 0 Å². The number of Topliss-reactive ketones (excluding diaryl/α,β-unsaturated/α-hetero) is 1. The lowest BCUT2D eigenvalue weighted by molar-refractivity contribution is 0.101. The highest BCUT2D eigenvalue weighted by atomic mass is 35.5. The Morgan fingerprint density at radius 1 is 1.05 bits per heavy atom. The molecule has 0 saturated heterocycles. The van der Waals surface area contributed by atoms with Crippen LogP contribution in [0.4, 0.5) is 0 Å². The number of aromatic hydroxyl groups is 1. The van der Waals surface area contributed by atoms with Crippen molar-refractivity contribution in [3.8, 4) is 11.5 Å². The van der Waals surface area contributed by atoms with Crippen LogP contribution in [-0.4, -0.2) is 10.9 Å². The molecule has 0 saturated carbocycles. The van der Waals surface area contributed by atoms with Crippen molar-refractivity contribution in [3.05, 3.63) is 63.3 Å². The van der Waals surface area contributed by atoms with Gasteiger partial charge in [0.05, 0.1) is 5.56 Å². The minimum Gasteiger partial charge on any atom is -0.508 e. The van der Waals surface area contributed by atoms with Gasteiger partial charge in [0.15, 0.2) is 5.76 Å². The SMILES string of the molecule is O=C1/C(=C/c2cc(Cl)cc(Cl)c2)Oc2cc(O)ccc21. The topological polar surface area (TPSA) is 46.5 Å². The van der Waals surface area contributed by atoms with Crippen molar-refractivity contribution in [2.45, 2.75) is 0 Å². The van der Waals surface area contributed by atoms with E-state index in [0.29, 0.717) is 26.9 Å². The molecule has 0 atom stereocenters. The Kier molecular flexibility index (Phi) is 3.16. The molecule has 1 heterocycles. The van der Waals surface area contributed by atoms with E-state index in [1.807, 2.05) is 0 Å². The number of hydrogen-bond acceptors (Lipinski definition) is 3. The number of carbonyl (C=O) groups is 1. The maximum Gasteiger partial charge on any atom is 0.231 e. The van der Waals surface area contributed by atoms with Crippen molar-refractivity contribution >= 4 is 35.1 Å². The normalized spacial score (nSPS) is 15.3. The van der Waals surface area contributed by atoms with Gasteiger partial charge in [-0.25, -0.2) is 0 Å². The number of hydrogen-bond donors (Lipinski definition) is 1. The molecule has 3 nitrogen and oxygen atoms in total. The van der Waals surface area contributed by atoms with E-state index >= 15 is 0 Å². The van der Waals surface area contributed by atoms with Gasteiger partial charge in [0, 0.05) is 16.1 Å². The highest BCUT2D eigenvalue weighted by Gasteiger charge is 2.27. The van der Waals surface area contributed by atoms with Crippen molar-refractivity contribution in [1.82, 2.24) is 0 Å². The van der Waals surface area contributed by atoms with Crippen LogP contribution in [0.3, 0.4) is 0 Å². The molecular weight excluding hydrogens is 299 g/mol. The number of ketones is 1. The lowest BCUT2D eigenvalue weighted by Gasteiger charge is -2.00. The van der Waals surface area contributed by atoms with Crippen LogP contribution < -0.4 is 4.74 Å². The number of halogens is 2. The molecule has 0 unspecified atom stereocenters. The fourth-order valence-corrected chi connectivity index (χ4v) is 2.53. The quantitative estimate of drug-likeness (QED) is 0.798. The number of phenolic OH excluding ortho intramolecular Hbond substituents is 1. The third kappa shape index (κ3) is 2.38. The minimum atomic E-state index is -0.240. The Hall–Kier alpha value is -1.97. The van der Waals surface area contributed by atoms with Gasteiger partial charge in [0.1, 0.15) is 11.5 Å². The number of fused-ring (bicyclic) bond motifs is 1. The van der Waals surface area contributed by atoms with Crippen molar-refractivity contribution < 1.29 is 14.6 Å². The third-order valence-electron chi connectivity index (χ3n) is 2.84. The van der Waals surface area contributed by atoms with E-state index in [1.165, 1.54) is 18.2 Å². The lowest BCUT2D eigenvalue weighted by Crippen LogP contribution is -1.97. The fraction of sp³-hybridized carbons (Fsp3) is 0. The van der Waals surface area contributed by atoms with Gasteiger partial charge in [-0.15, -0.1) is 0 Å². The first-order valence-corrected chi connectivity index (χ1v) is 6.52. The highest BCUT2D eigenvalue weighted by Crippen LogP contribution is 2.34. The first kappa shape index (κ1) is 13.0. The summed E-state index contributed by atoms with van der Waals surface area (Å²) in [6.07, 6.45) is 1.57. The molecule has 0 aliphatic carbocycles. The second-order valence-electron chi connectivity index (χ2n) is 4.32. The van der Waals surface area contributed by atoms with Gasteiger partial charge in [-0.05, 0) is 42.0 Å². The van der Waals surface area contributed by atoms with Crippen molar-refractivity contribution in [3.63, 3.8) is 0 Å². The molecule has 1 N–H and O–H groups in total. The molecule has 0 fully saturated rings. The monoisotopic (exact) mass is 306 g/mol. The number of allylic oxidation sites excluding steroid dienone is 1. The van der Waals surface area contributed by atoms with E-state index in [2.05, 4.69) is 0 Å². The van der Waals surface area contributed by atoms with Gasteiger partial charge in [-0.3, -0.25) is 4.79 Å². The van der Waals surface area contributed by atoms with Crippen molar-refractivity contribution in [2.24, 2.45) is 0 Å². The van der Waals surface area contributed by atoms with E-state index in [0.717, 1.165) is 0 Å². The van der Waals surface area contributed by atoms with Crippen LogP contribution in [0.25, 0.3) is 6.08 Å². The molecule has 1 aliphatic rings. The summed E-state index contributed by atoms with van der Waals surface area (Å²) in [5, 5.41) is 10.3. The first-order chi connectivity index (χ1) is 9.52. The summed E-state index contributed by atoms with van der Waals surface area (Å²) in [5.41, 5.74) is 1.09. The summed E-state index contributed by atoms with van der Waals surface area (Å²) in [6.45, 7) is 0. The maximum absolute atomic E-state index is 12.1. The zero-order chi connectivity index (χ0) is 14.3. The molecule has 100 valence electrons. The van der Waals surface area contributed by atoms with E-state index < -0.39 is 0 Å². The van der Waals surface area contributed by atoms with E-state index in [1.54, 1.807) is 24.3 Å². The van der Waals surface area contributed by atoms with Crippen LogP contribution in [0.15, 0.2) is 42.2 Å². The first-order valence-electron chi connectivity index (χ1n) is 5.76. The molecule has 0 aromatic heterocycles. The van der Waals surface area contributed by atoms with Crippen LogP contribution >= 0.6 is 23.2 Å². The Morgan fingerprint density at radius 2 is 1.75 bits per heavy atom. The van der Waals surface area contributed by atoms with Gasteiger partial charge < -0.3 is 9.84 Å². The van der Waals surface area contributed by atoms with E-state index in [4.69, 9.17) is 27.9 Å². The van der Waals surface area contributed by atoms with Gasteiger partial charge in [0.25, 0.3) is 0 Å². The molecule has 3 rings (SSSR count). The molecule has 0 bridgehead atoms. The van der Waals surface area contributed by atoms with Crippen LogP contribution in [0, 0.1) is 0 Å². The molecule has 0 radical (unpaired) electrons. The van der Waals surface area contributed by atoms with Crippen LogP contribution in [0.2, 0.25) is 10.0 Å². The third-order valence-corrected chi connectivity index (χ3v) is 3.27. The summed E-state index contributed by atoms with van der Waals surface area (Å²) in [5.74, 6) is 0.318. The molecule has 0 amide bonds. The molecule has 5 heteroatoms. The largest absolute Gasteiger partial charge is 0.508 e. The number of ether oxygens (including phenoxy) is 1. The van der Waals surface area contributed by atoms with Crippen LogP contribution in [0.1, 0.15) is 15.9 Å². The van der Waals surface area contributed by atoms with E-state index in [-0.39, 0.29) is 17.3 Å². The maximum atomic E-state index is 12.1. The number of benzene rings is 2. The summed E-state index contributed by atoms with van der Waals surface area (Å²) in [7, 11) is 0. The number of rotatable bonds is 1. The van der Waals surface area contributed by atoms with Gasteiger partial charge in [0.2, 0.25) is 5.78 Å². The Balaban J connectivity index is 2.01. The molecule has 20 heavy (non-hydrogen) atoms. The summed E-state index contributed by atoms with van der Waals surface area (Å²) < 4.78 is 5.45. The second kappa shape index (κ2) is 4.85. The lowest BCUT2D eigenvalue weighted by atomic mass is 10.1. The Bertz CT molecular complexity index is 731. The average molecular weight is 307 g/mol. The minimum absolute atomic E-state index is 0.0450. The fourth-order valence-electron chi connectivity index (χ4n) is 1.99. The summed E-state index contributed by atoms with van der Waals surface area (Å²) >= 11 is 11.8. The molecule has 2 aromatic carbocycles. The Labute approximate surface area is 125 Å². The number of phenols is 1. The Morgan fingerprint density at radius 3 is 2.45 bits per heavy atom. The highest BCUT2D eigenvalue weighted by molar-refractivity contribution is 6.34. The molecular formula is C15H8Cl2O3. The predicted octanol–water partition coefficient (Wildman–Crippen LogP) is 4.32. The van der Waals surface area contributed by atoms with E-state index in [9.17, 15) is 9.90 Å². The standard InChI is InChI=1S/C15H8Cl2O3/c16-9-3-8(4-10(17)6-9)5-14-15(19)12-2-1-11(18)7-13(12)20-14/h1-7,18H/b14-5-. The smallest absolute Gasteiger partial charge is 0.231 e. The second-order valence-corrected chi connectivity index (χ2v) is 5.20. The molecule has 0 spiro atoms. The number of carbonyl (C=O) groups excluding carboxylic acids is 1. The molecule has 2 aromatic rings. The zero-order valence-electron chi connectivity index (χ0n) is 10.1. The molecule has 1 aliphatic heterocycles. The van der Waals surface area contributed by atoms with Crippen LogP contribution in [0.5, 0.6) is 11.5 Å². The zero-order valence-corrected chi connectivity index (χ0v) is 11.6. The van der Waals surface area contributed by atoms with Crippen molar-refractivity contribution in [2.75, 3.05) is 0 Å². The van der Waals surface area contributed by atoms with Crippen molar-refractivity contribution in [1.29, 1.82) is 0 Å². The van der Waals surface area contributed by atoms with Gasteiger partial charge in [-0.1, -0.05) is 23.2 Å². The predicted molar refractivity (Wildman–Crippen MR) is 77.5 cm³/mol. The average Bonchev–Trinajstić information content (AvgIpc) is 2.64. The van der Waals surface area contributed by atoms with Gasteiger partial charge >= 0.3 is 0 Å². The summed E-state index contributed by atoms with van der Waals surface area (Å²) in [4.78, 5) is 12.1. The summed E-state index contributed by atoms with van der Waals surface area (Å²) in [6, 6.07) is 9.33.